The number of halogens is 3. The van der Waals surface area contributed by atoms with Crippen molar-refractivity contribution in [2.75, 3.05) is 22.7 Å². The second-order valence-electron chi connectivity index (χ2n) is 5.30. The van der Waals surface area contributed by atoms with Crippen LogP contribution >= 0.6 is 12.2 Å². The largest absolute Gasteiger partial charge is 0.389 e. The highest BCUT2D eigenvalue weighted by Crippen LogP contribution is 2.32. The SMILES string of the molecule is CCN1C(C(F)F)=NN(c2cc(NCS(=O)O)c(C(N)=S)cc2F)C1C=O. The maximum absolute atomic E-state index is 14.6. The third-order valence-corrected chi connectivity index (χ3v) is 4.33. The number of rotatable bonds is 8. The van der Waals surface area contributed by atoms with Crippen molar-refractivity contribution in [1.29, 1.82) is 0 Å². The number of alkyl halides is 2. The fourth-order valence-corrected chi connectivity index (χ4v) is 3.01. The summed E-state index contributed by atoms with van der Waals surface area (Å²) in [5.41, 5.74) is 5.37. The average Bonchev–Trinajstić information content (AvgIpc) is 2.98. The minimum absolute atomic E-state index is 0.0453. The van der Waals surface area contributed by atoms with Crippen LogP contribution in [0.15, 0.2) is 17.2 Å². The second kappa shape index (κ2) is 8.63. The summed E-state index contributed by atoms with van der Waals surface area (Å²) in [4.78, 5) is 12.3. The van der Waals surface area contributed by atoms with Gasteiger partial charge >= 0.3 is 0 Å². The van der Waals surface area contributed by atoms with Crippen molar-refractivity contribution in [3.8, 4) is 0 Å². The highest BCUT2D eigenvalue weighted by molar-refractivity contribution is 7.80. The van der Waals surface area contributed by atoms with Gasteiger partial charge in [-0.2, -0.15) is 5.10 Å². The van der Waals surface area contributed by atoms with Gasteiger partial charge in [0.1, 0.15) is 22.4 Å². The van der Waals surface area contributed by atoms with E-state index in [1.54, 1.807) is 6.92 Å². The van der Waals surface area contributed by atoms with Gasteiger partial charge in [0, 0.05) is 17.8 Å². The Balaban J connectivity index is 2.56. The molecule has 0 bridgehead atoms. The molecule has 2 atom stereocenters. The number of carbonyl (C=O) groups excluding carboxylic acids is 1. The Morgan fingerprint density at radius 3 is 2.70 bits per heavy atom. The van der Waals surface area contributed by atoms with Gasteiger partial charge in [-0.25, -0.2) is 22.4 Å². The highest BCUT2D eigenvalue weighted by Gasteiger charge is 2.39. The van der Waals surface area contributed by atoms with E-state index in [1.807, 2.05) is 0 Å². The lowest BCUT2D eigenvalue weighted by molar-refractivity contribution is -0.111. The second-order valence-corrected chi connectivity index (χ2v) is 6.67. The monoisotopic (exact) mass is 423 g/mol. The zero-order valence-electron chi connectivity index (χ0n) is 13.9. The van der Waals surface area contributed by atoms with Gasteiger partial charge in [0.15, 0.2) is 29.4 Å². The number of nitrogens with two attached hydrogens (primary N) is 1. The summed E-state index contributed by atoms with van der Waals surface area (Å²) in [6.45, 7) is 1.60. The van der Waals surface area contributed by atoms with E-state index in [4.69, 9.17) is 22.5 Å². The molecule has 13 heteroatoms. The Labute approximate surface area is 160 Å². The van der Waals surface area contributed by atoms with Crippen LogP contribution < -0.4 is 16.1 Å². The summed E-state index contributed by atoms with van der Waals surface area (Å²) in [5.74, 6) is -1.99. The molecule has 27 heavy (non-hydrogen) atoms. The maximum atomic E-state index is 14.6. The number of carbonyl (C=O) groups is 1. The number of nitrogens with zero attached hydrogens (tertiary/aromatic N) is 3. The molecule has 0 radical (unpaired) electrons. The molecule has 1 aliphatic rings. The first-order valence-electron chi connectivity index (χ1n) is 7.53. The first kappa shape index (κ1) is 21.1. The van der Waals surface area contributed by atoms with Gasteiger partial charge in [-0.15, -0.1) is 0 Å². The van der Waals surface area contributed by atoms with Crippen LogP contribution in [0.2, 0.25) is 0 Å². The molecule has 0 saturated heterocycles. The van der Waals surface area contributed by atoms with E-state index >= 15 is 0 Å². The summed E-state index contributed by atoms with van der Waals surface area (Å²) in [6, 6.07) is 2.08. The Kier molecular flexibility index (Phi) is 6.73. The number of thiocarbonyl (C=S) groups is 1. The van der Waals surface area contributed by atoms with Crippen molar-refractivity contribution in [2.45, 2.75) is 19.5 Å². The molecule has 0 aliphatic carbocycles. The average molecular weight is 423 g/mol. The minimum atomic E-state index is -2.97. The summed E-state index contributed by atoms with van der Waals surface area (Å²) < 4.78 is 60.9. The van der Waals surface area contributed by atoms with Crippen molar-refractivity contribution in [1.82, 2.24) is 4.90 Å². The van der Waals surface area contributed by atoms with Crippen LogP contribution in [0.25, 0.3) is 0 Å². The van der Waals surface area contributed by atoms with Crippen LogP contribution in [0, 0.1) is 5.82 Å². The molecule has 0 spiro atoms. The van der Waals surface area contributed by atoms with Crippen LogP contribution in [-0.2, 0) is 15.9 Å². The fraction of sp³-hybridized carbons (Fsp3) is 0.357. The van der Waals surface area contributed by atoms with Crippen molar-refractivity contribution in [3.63, 3.8) is 0 Å². The van der Waals surface area contributed by atoms with Crippen molar-refractivity contribution in [3.05, 3.63) is 23.5 Å². The number of anilines is 2. The molecular formula is C14H16F3N5O3S2. The molecular weight excluding hydrogens is 407 g/mol. The van der Waals surface area contributed by atoms with Crippen LogP contribution in [0.5, 0.6) is 0 Å². The van der Waals surface area contributed by atoms with Crippen LogP contribution in [0.3, 0.4) is 0 Å². The highest BCUT2D eigenvalue weighted by atomic mass is 32.2. The number of benzene rings is 1. The molecule has 8 nitrogen and oxygen atoms in total. The number of hydrogen-bond acceptors (Lipinski definition) is 7. The Bertz CT molecular complexity index is 808. The fourth-order valence-electron chi connectivity index (χ4n) is 2.57. The Hall–Kier alpha value is -2.25. The molecule has 2 rings (SSSR count). The van der Waals surface area contributed by atoms with E-state index in [0.29, 0.717) is 6.29 Å². The predicted molar refractivity (Wildman–Crippen MR) is 99.7 cm³/mol. The molecule has 0 saturated carbocycles. The maximum Gasteiger partial charge on any atom is 0.297 e. The topological polar surface area (TPSA) is 111 Å². The smallest absolute Gasteiger partial charge is 0.297 e. The number of nitrogens with one attached hydrogen (secondary N) is 1. The summed E-state index contributed by atoms with van der Waals surface area (Å²) >= 11 is 2.61. The van der Waals surface area contributed by atoms with Crippen molar-refractivity contribution >= 4 is 51.8 Å². The number of hydrazone groups is 1. The van der Waals surface area contributed by atoms with Gasteiger partial charge in [0.2, 0.25) is 0 Å². The zero-order valence-corrected chi connectivity index (χ0v) is 15.6. The molecule has 0 fully saturated rings. The normalized spacial score (nSPS) is 17.9. The first-order chi connectivity index (χ1) is 12.7. The van der Waals surface area contributed by atoms with Crippen LogP contribution in [0.4, 0.5) is 24.5 Å². The molecule has 1 aliphatic heterocycles. The third kappa shape index (κ3) is 4.36. The Morgan fingerprint density at radius 2 is 2.22 bits per heavy atom. The van der Waals surface area contributed by atoms with Gasteiger partial charge in [-0.05, 0) is 19.1 Å². The molecule has 1 aromatic carbocycles. The van der Waals surface area contributed by atoms with E-state index in [1.165, 1.54) is 0 Å². The van der Waals surface area contributed by atoms with E-state index < -0.39 is 41.2 Å². The summed E-state index contributed by atoms with van der Waals surface area (Å²) in [5, 5.41) is 7.07. The van der Waals surface area contributed by atoms with E-state index in [-0.39, 0.29) is 28.5 Å². The lowest BCUT2D eigenvalue weighted by Gasteiger charge is -2.27. The van der Waals surface area contributed by atoms with E-state index in [9.17, 15) is 22.2 Å². The van der Waals surface area contributed by atoms with Gasteiger partial charge in [-0.3, -0.25) is 4.79 Å². The standard InChI is InChI=1S/C14H16F3N5O3S2/c1-2-21-11(5-23)22(20-14(21)12(16)17)10-4-9(19-6-27(24)25)7(13(18)26)3-8(10)15/h3-5,11-12,19H,2,6H2,1H3,(H2,18,26)(H,24,25). The van der Waals surface area contributed by atoms with Crippen molar-refractivity contribution in [2.24, 2.45) is 10.8 Å². The number of hydrogen-bond donors (Lipinski definition) is 3. The van der Waals surface area contributed by atoms with Gasteiger partial charge in [0.05, 0.1) is 0 Å². The quantitative estimate of drug-likeness (QED) is 0.326. The minimum Gasteiger partial charge on any atom is -0.389 e. The molecule has 1 heterocycles. The van der Waals surface area contributed by atoms with E-state index in [0.717, 1.165) is 22.0 Å². The molecule has 1 aromatic rings. The molecule has 0 aromatic heterocycles. The summed E-state index contributed by atoms with van der Waals surface area (Å²) in [6.07, 6.45) is -3.88. The lowest BCUT2D eigenvalue weighted by atomic mass is 10.1. The first-order valence-corrected chi connectivity index (χ1v) is 9.22. The number of aldehydes is 1. The molecule has 2 unspecified atom stereocenters. The van der Waals surface area contributed by atoms with Gasteiger partial charge in [-0.1, -0.05) is 12.2 Å². The molecule has 0 amide bonds. The lowest BCUT2D eigenvalue weighted by Crippen LogP contribution is -2.45. The van der Waals surface area contributed by atoms with Crippen molar-refractivity contribution < 1.29 is 26.7 Å². The van der Waals surface area contributed by atoms with Gasteiger partial charge < -0.3 is 20.5 Å². The van der Waals surface area contributed by atoms with E-state index in [2.05, 4.69) is 10.4 Å². The molecule has 4 N–H and O–H groups in total. The third-order valence-electron chi connectivity index (χ3n) is 3.72. The predicted octanol–water partition coefficient (Wildman–Crippen LogP) is 1.30. The molecule has 148 valence electrons. The number of amidine groups is 1. The zero-order chi connectivity index (χ0) is 20.3. The summed E-state index contributed by atoms with van der Waals surface area (Å²) in [7, 11) is 0. The van der Waals surface area contributed by atoms with Gasteiger partial charge in [0.25, 0.3) is 6.43 Å². The van der Waals surface area contributed by atoms with Crippen LogP contribution in [-0.4, -0.2) is 55.8 Å². The Morgan fingerprint density at radius 1 is 1.56 bits per heavy atom. The van der Waals surface area contributed by atoms with Crippen LogP contribution in [0.1, 0.15) is 12.5 Å². The number of likely N-dealkylation sites (N-methyl/N-ethyl adjacent to an activating group) is 1.